The molecule has 1 fully saturated rings. The van der Waals surface area contributed by atoms with Gasteiger partial charge in [0.2, 0.25) is 0 Å². The fourth-order valence-corrected chi connectivity index (χ4v) is 2.89. The molecule has 1 aromatic rings. The van der Waals surface area contributed by atoms with Crippen molar-refractivity contribution < 1.29 is 19.4 Å². The van der Waals surface area contributed by atoms with Crippen LogP contribution >= 0.6 is 0 Å². The molecule has 1 N–H and O–H groups in total. The van der Waals surface area contributed by atoms with Crippen molar-refractivity contribution in [1.82, 2.24) is 9.80 Å². The molecule has 1 saturated heterocycles. The number of hydrogen-bond donors (Lipinski definition) is 1. The third kappa shape index (κ3) is 5.56. The average molecular weight is 320 g/mol. The first-order valence-electron chi connectivity index (χ1n) is 7.94. The highest BCUT2D eigenvalue weighted by molar-refractivity contribution is 5.69. The Labute approximate surface area is 136 Å². The number of benzene rings is 1. The Kier molecular flexibility index (Phi) is 6.40. The van der Waals surface area contributed by atoms with E-state index in [1.54, 1.807) is 16.8 Å². The van der Waals surface area contributed by atoms with E-state index < -0.39 is 5.97 Å². The van der Waals surface area contributed by atoms with E-state index in [2.05, 4.69) is 0 Å². The van der Waals surface area contributed by atoms with Crippen molar-refractivity contribution in [3.8, 4) is 0 Å². The number of carboxylic acids is 1. The molecule has 0 aliphatic carbocycles. The molecular weight excluding hydrogens is 296 g/mol. The third-order valence-corrected chi connectivity index (χ3v) is 3.99. The van der Waals surface area contributed by atoms with Crippen molar-refractivity contribution in [3.63, 3.8) is 0 Å². The normalized spacial score (nSPS) is 18.0. The Hall–Kier alpha value is -2.08. The molecule has 6 heteroatoms. The van der Waals surface area contributed by atoms with Gasteiger partial charge >= 0.3 is 12.1 Å². The van der Waals surface area contributed by atoms with E-state index in [1.807, 2.05) is 30.3 Å². The van der Waals surface area contributed by atoms with Crippen LogP contribution in [-0.4, -0.2) is 59.7 Å². The SMILES string of the molecule is CN(CC(=O)O)C[C@@H]1CCCCN1C(=O)OCc1ccccc1. The zero-order chi connectivity index (χ0) is 16.7. The smallest absolute Gasteiger partial charge is 0.410 e. The number of carboxylic acid groups (broad SMARTS) is 1. The van der Waals surface area contributed by atoms with Crippen LogP contribution in [-0.2, 0) is 16.1 Å². The lowest BCUT2D eigenvalue weighted by atomic mass is 10.0. The minimum absolute atomic E-state index is 0.0105. The number of nitrogens with zero attached hydrogens (tertiary/aromatic N) is 2. The number of ether oxygens (including phenoxy) is 1. The molecule has 1 amide bonds. The van der Waals surface area contributed by atoms with Crippen molar-refractivity contribution in [3.05, 3.63) is 35.9 Å². The van der Waals surface area contributed by atoms with Crippen LogP contribution in [0.15, 0.2) is 30.3 Å². The second kappa shape index (κ2) is 8.53. The third-order valence-electron chi connectivity index (χ3n) is 3.99. The molecule has 126 valence electrons. The van der Waals surface area contributed by atoms with E-state index in [1.165, 1.54) is 0 Å². The summed E-state index contributed by atoms with van der Waals surface area (Å²) in [5.41, 5.74) is 0.956. The molecule has 0 saturated carbocycles. The van der Waals surface area contributed by atoms with Crippen LogP contribution < -0.4 is 0 Å². The predicted molar refractivity (Wildman–Crippen MR) is 86.1 cm³/mol. The summed E-state index contributed by atoms with van der Waals surface area (Å²) in [6, 6.07) is 9.59. The second-order valence-electron chi connectivity index (χ2n) is 5.97. The first kappa shape index (κ1) is 17.3. The number of likely N-dealkylation sites (tertiary alicyclic amines) is 1. The first-order valence-corrected chi connectivity index (χ1v) is 7.94. The number of hydrogen-bond acceptors (Lipinski definition) is 4. The summed E-state index contributed by atoms with van der Waals surface area (Å²) in [5, 5.41) is 8.85. The van der Waals surface area contributed by atoms with Gasteiger partial charge in [0.05, 0.1) is 6.54 Å². The molecule has 1 aliphatic rings. The van der Waals surface area contributed by atoms with Gasteiger partial charge in [0.25, 0.3) is 0 Å². The zero-order valence-corrected chi connectivity index (χ0v) is 13.5. The summed E-state index contributed by atoms with van der Waals surface area (Å²) < 4.78 is 5.41. The Balaban J connectivity index is 1.89. The van der Waals surface area contributed by atoms with Crippen LogP contribution in [0.2, 0.25) is 0 Å². The van der Waals surface area contributed by atoms with Gasteiger partial charge < -0.3 is 14.7 Å². The Bertz CT molecular complexity index is 521. The number of likely N-dealkylation sites (N-methyl/N-ethyl adjacent to an activating group) is 1. The maximum absolute atomic E-state index is 12.4. The fourth-order valence-electron chi connectivity index (χ4n) is 2.89. The number of rotatable bonds is 6. The van der Waals surface area contributed by atoms with Crippen molar-refractivity contribution in [2.45, 2.75) is 31.9 Å². The largest absolute Gasteiger partial charge is 0.480 e. The monoisotopic (exact) mass is 320 g/mol. The van der Waals surface area contributed by atoms with E-state index in [9.17, 15) is 9.59 Å². The van der Waals surface area contributed by atoms with E-state index in [4.69, 9.17) is 9.84 Å². The average Bonchev–Trinajstić information content (AvgIpc) is 2.53. The van der Waals surface area contributed by atoms with Crippen LogP contribution in [0.5, 0.6) is 0 Å². The first-order chi connectivity index (χ1) is 11.1. The topological polar surface area (TPSA) is 70.1 Å². The van der Waals surface area contributed by atoms with Crippen molar-refractivity contribution >= 4 is 12.1 Å². The van der Waals surface area contributed by atoms with Crippen LogP contribution in [0.1, 0.15) is 24.8 Å². The summed E-state index contributed by atoms with van der Waals surface area (Å²) in [6.07, 6.45) is 2.57. The Morgan fingerprint density at radius 2 is 2.04 bits per heavy atom. The van der Waals surface area contributed by atoms with Gasteiger partial charge in [-0.3, -0.25) is 9.69 Å². The molecule has 6 nitrogen and oxygen atoms in total. The molecule has 0 bridgehead atoms. The summed E-state index contributed by atoms with van der Waals surface area (Å²) in [4.78, 5) is 26.6. The molecule has 0 radical (unpaired) electrons. The number of piperidine rings is 1. The number of amides is 1. The van der Waals surface area contributed by atoms with Gasteiger partial charge in [-0.1, -0.05) is 30.3 Å². The highest BCUT2D eigenvalue weighted by Gasteiger charge is 2.29. The van der Waals surface area contributed by atoms with Gasteiger partial charge in [-0.05, 0) is 31.9 Å². The van der Waals surface area contributed by atoms with Crippen LogP contribution in [0, 0.1) is 0 Å². The molecule has 1 atom stereocenters. The van der Waals surface area contributed by atoms with Crippen molar-refractivity contribution in [2.75, 3.05) is 26.7 Å². The van der Waals surface area contributed by atoms with Crippen molar-refractivity contribution in [1.29, 1.82) is 0 Å². The molecule has 0 aromatic heterocycles. The number of carbonyl (C=O) groups excluding carboxylic acids is 1. The maximum Gasteiger partial charge on any atom is 0.410 e. The fraction of sp³-hybridized carbons (Fsp3) is 0.529. The van der Waals surface area contributed by atoms with Gasteiger partial charge in [-0.25, -0.2) is 4.79 Å². The van der Waals surface area contributed by atoms with E-state index in [-0.39, 0.29) is 25.3 Å². The molecule has 1 heterocycles. The molecule has 1 aromatic carbocycles. The van der Waals surface area contributed by atoms with Crippen LogP contribution in [0.25, 0.3) is 0 Å². The van der Waals surface area contributed by atoms with Gasteiger partial charge in [-0.15, -0.1) is 0 Å². The van der Waals surface area contributed by atoms with Gasteiger partial charge in [0, 0.05) is 19.1 Å². The minimum atomic E-state index is -0.860. The van der Waals surface area contributed by atoms with Crippen LogP contribution in [0.3, 0.4) is 0 Å². The lowest BCUT2D eigenvalue weighted by Crippen LogP contribution is -2.49. The Morgan fingerprint density at radius 1 is 1.30 bits per heavy atom. The van der Waals surface area contributed by atoms with E-state index in [0.717, 1.165) is 24.8 Å². The molecular formula is C17H24N2O4. The van der Waals surface area contributed by atoms with E-state index >= 15 is 0 Å². The van der Waals surface area contributed by atoms with Crippen LogP contribution in [0.4, 0.5) is 4.79 Å². The zero-order valence-electron chi connectivity index (χ0n) is 13.5. The standard InChI is InChI=1S/C17H24N2O4/c1-18(12-16(20)21)11-15-9-5-6-10-19(15)17(22)23-13-14-7-3-2-4-8-14/h2-4,7-8,15H,5-6,9-13H2,1H3,(H,20,21)/t15-/m0/s1. The summed E-state index contributed by atoms with van der Waals surface area (Å²) in [6.45, 7) is 1.45. The molecule has 1 aliphatic heterocycles. The molecule has 23 heavy (non-hydrogen) atoms. The van der Waals surface area contributed by atoms with E-state index in [0.29, 0.717) is 13.1 Å². The maximum atomic E-state index is 12.4. The quantitative estimate of drug-likeness (QED) is 0.870. The second-order valence-corrected chi connectivity index (χ2v) is 5.97. The summed E-state index contributed by atoms with van der Waals surface area (Å²) in [5.74, 6) is -0.860. The minimum Gasteiger partial charge on any atom is -0.480 e. The summed E-state index contributed by atoms with van der Waals surface area (Å²) in [7, 11) is 1.76. The van der Waals surface area contributed by atoms with Gasteiger partial charge in [0.1, 0.15) is 6.61 Å². The highest BCUT2D eigenvalue weighted by atomic mass is 16.6. The number of aliphatic carboxylic acids is 1. The Morgan fingerprint density at radius 3 is 2.74 bits per heavy atom. The van der Waals surface area contributed by atoms with Gasteiger partial charge in [-0.2, -0.15) is 0 Å². The number of carbonyl (C=O) groups is 2. The highest BCUT2D eigenvalue weighted by Crippen LogP contribution is 2.19. The van der Waals surface area contributed by atoms with Crippen molar-refractivity contribution in [2.24, 2.45) is 0 Å². The lowest BCUT2D eigenvalue weighted by molar-refractivity contribution is -0.138. The summed E-state index contributed by atoms with van der Waals surface area (Å²) >= 11 is 0. The molecule has 0 spiro atoms. The van der Waals surface area contributed by atoms with Gasteiger partial charge in [0.15, 0.2) is 0 Å². The lowest BCUT2D eigenvalue weighted by Gasteiger charge is -2.36. The predicted octanol–water partition coefficient (Wildman–Crippen LogP) is 2.19. The molecule has 2 rings (SSSR count). The molecule has 0 unspecified atom stereocenters.